The first-order chi connectivity index (χ1) is 11.2. The fraction of sp³-hybridized carbons (Fsp3) is 0.412. The van der Waals surface area contributed by atoms with Gasteiger partial charge in [-0.15, -0.1) is 6.58 Å². The van der Waals surface area contributed by atoms with Crippen LogP contribution in [0.15, 0.2) is 37.1 Å². The molecule has 0 aliphatic carbocycles. The highest BCUT2D eigenvalue weighted by Crippen LogP contribution is 2.20. The molecule has 0 unspecified atom stereocenters. The number of fused-ring (bicyclic) bond motifs is 1. The van der Waals surface area contributed by atoms with Crippen LogP contribution in [0.5, 0.6) is 0 Å². The number of hydrogen-bond donors (Lipinski definition) is 3. The van der Waals surface area contributed by atoms with Gasteiger partial charge in [-0.3, -0.25) is 4.79 Å². The van der Waals surface area contributed by atoms with Crippen molar-refractivity contribution in [1.29, 1.82) is 0 Å². The van der Waals surface area contributed by atoms with Crippen LogP contribution in [-0.2, 0) is 11.2 Å². The van der Waals surface area contributed by atoms with Crippen molar-refractivity contribution in [2.75, 3.05) is 19.8 Å². The summed E-state index contributed by atoms with van der Waals surface area (Å²) in [6.07, 6.45) is 5.52. The molecule has 0 saturated carbocycles. The minimum absolute atomic E-state index is 0.0923. The number of pyridine rings is 1. The molecule has 122 valence electrons. The van der Waals surface area contributed by atoms with Crippen molar-refractivity contribution in [1.82, 2.24) is 10.3 Å². The molecule has 1 fully saturated rings. The summed E-state index contributed by atoms with van der Waals surface area (Å²) in [5.74, 6) is 0.231. The first kappa shape index (κ1) is 15.7. The standard InChI is InChI=1S/C17H21N3O3/c1-2-5-13-14-6-3-4-9-20(14)15(18-13)16(22)19-17(12-21)7-10-23-11-8-17/h2-4,6,9,21H,1,5,7-8,10-12H2,(H,19,22)/p+1. The fourth-order valence-electron chi connectivity index (χ4n) is 3.00. The van der Waals surface area contributed by atoms with Crippen molar-refractivity contribution in [3.05, 3.63) is 48.6 Å². The minimum Gasteiger partial charge on any atom is -0.394 e. The van der Waals surface area contributed by atoms with Crippen LogP contribution in [0.2, 0.25) is 0 Å². The molecule has 1 aliphatic rings. The highest BCUT2D eigenvalue weighted by atomic mass is 16.5. The number of carbonyl (C=O) groups is 1. The van der Waals surface area contributed by atoms with E-state index in [1.54, 1.807) is 6.08 Å². The maximum Gasteiger partial charge on any atom is 0.351 e. The third kappa shape index (κ3) is 3.00. The number of aliphatic hydroxyl groups excluding tert-OH is 1. The number of imidazole rings is 1. The normalized spacial score (nSPS) is 17.1. The van der Waals surface area contributed by atoms with Crippen molar-refractivity contribution < 1.29 is 19.0 Å². The summed E-state index contributed by atoms with van der Waals surface area (Å²) in [6, 6.07) is 5.78. The number of aromatic nitrogens is 2. The van der Waals surface area contributed by atoms with Gasteiger partial charge in [0.2, 0.25) is 0 Å². The van der Waals surface area contributed by atoms with Gasteiger partial charge in [0.1, 0.15) is 0 Å². The van der Waals surface area contributed by atoms with E-state index in [2.05, 4.69) is 16.9 Å². The van der Waals surface area contributed by atoms with E-state index in [1.807, 2.05) is 28.8 Å². The molecule has 0 aromatic carbocycles. The van der Waals surface area contributed by atoms with Gasteiger partial charge in [0, 0.05) is 19.6 Å². The molecule has 3 rings (SSSR count). The van der Waals surface area contributed by atoms with E-state index in [-0.39, 0.29) is 12.5 Å². The van der Waals surface area contributed by atoms with Crippen LogP contribution in [0.3, 0.4) is 0 Å². The smallest absolute Gasteiger partial charge is 0.351 e. The summed E-state index contributed by atoms with van der Waals surface area (Å²) < 4.78 is 7.17. The zero-order valence-corrected chi connectivity index (χ0v) is 13.0. The highest BCUT2D eigenvalue weighted by molar-refractivity contribution is 5.90. The maximum atomic E-state index is 12.8. The van der Waals surface area contributed by atoms with Crippen molar-refractivity contribution in [2.24, 2.45) is 0 Å². The van der Waals surface area contributed by atoms with Crippen molar-refractivity contribution >= 4 is 11.4 Å². The number of ether oxygens (including phenoxy) is 1. The second-order valence-corrected chi connectivity index (χ2v) is 5.91. The number of hydrogen-bond acceptors (Lipinski definition) is 3. The average molecular weight is 316 g/mol. The summed E-state index contributed by atoms with van der Waals surface area (Å²) in [5.41, 5.74) is 1.28. The number of carbonyl (C=O) groups excluding carboxylic acids is 1. The lowest BCUT2D eigenvalue weighted by Gasteiger charge is -2.35. The van der Waals surface area contributed by atoms with Crippen LogP contribution in [0.25, 0.3) is 5.52 Å². The Balaban J connectivity index is 1.93. The first-order valence-electron chi connectivity index (χ1n) is 7.82. The number of allylic oxidation sites excluding steroid dienone is 1. The average Bonchev–Trinajstić information content (AvgIpc) is 2.95. The Bertz CT molecular complexity index is 717. The minimum atomic E-state index is -0.610. The second-order valence-electron chi connectivity index (χ2n) is 5.91. The molecule has 0 atom stereocenters. The number of aliphatic hydroxyl groups is 1. The van der Waals surface area contributed by atoms with Gasteiger partial charge in [-0.25, -0.2) is 4.98 Å². The summed E-state index contributed by atoms with van der Waals surface area (Å²) in [6.45, 7) is 4.75. The Kier molecular flexibility index (Phi) is 4.45. The number of H-pyrrole nitrogens is 1. The summed E-state index contributed by atoms with van der Waals surface area (Å²) in [7, 11) is 0. The third-order valence-corrected chi connectivity index (χ3v) is 4.37. The predicted molar refractivity (Wildman–Crippen MR) is 85.2 cm³/mol. The van der Waals surface area contributed by atoms with Crippen LogP contribution in [-0.4, -0.2) is 41.4 Å². The molecular weight excluding hydrogens is 294 g/mol. The SMILES string of the molecule is C=CCc1[nH]c(C(=O)NC2(CO)CCOCC2)[n+]2ccccc12. The first-order valence-corrected chi connectivity index (χ1v) is 7.82. The fourth-order valence-corrected chi connectivity index (χ4v) is 3.00. The Morgan fingerprint density at radius 1 is 1.48 bits per heavy atom. The Morgan fingerprint density at radius 2 is 2.26 bits per heavy atom. The highest BCUT2D eigenvalue weighted by Gasteiger charge is 2.36. The lowest BCUT2D eigenvalue weighted by molar-refractivity contribution is -0.514. The molecule has 0 spiro atoms. The largest absolute Gasteiger partial charge is 0.394 e. The Morgan fingerprint density at radius 3 is 2.96 bits per heavy atom. The van der Waals surface area contributed by atoms with Crippen LogP contribution < -0.4 is 9.72 Å². The molecule has 2 aromatic rings. The molecule has 2 aromatic heterocycles. The van der Waals surface area contributed by atoms with E-state index in [1.165, 1.54) is 0 Å². The molecule has 1 amide bonds. The van der Waals surface area contributed by atoms with E-state index in [0.717, 1.165) is 11.2 Å². The van der Waals surface area contributed by atoms with Crippen molar-refractivity contribution in [2.45, 2.75) is 24.8 Å². The molecule has 3 N–H and O–H groups in total. The molecule has 6 heteroatoms. The van der Waals surface area contributed by atoms with Crippen LogP contribution in [0, 0.1) is 0 Å². The van der Waals surface area contributed by atoms with Crippen LogP contribution in [0.4, 0.5) is 0 Å². The third-order valence-electron chi connectivity index (χ3n) is 4.37. The maximum absolute atomic E-state index is 12.8. The summed E-state index contributed by atoms with van der Waals surface area (Å²) in [5, 5.41) is 12.7. The van der Waals surface area contributed by atoms with E-state index in [4.69, 9.17) is 4.74 Å². The molecule has 23 heavy (non-hydrogen) atoms. The van der Waals surface area contributed by atoms with E-state index >= 15 is 0 Å². The molecule has 1 saturated heterocycles. The summed E-state index contributed by atoms with van der Waals surface area (Å²) in [4.78, 5) is 16.0. The summed E-state index contributed by atoms with van der Waals surface area (Å²) >= 11 is 0. The predicted octanol–water partition coefficient (Wildman–Crippen LogP) is 0.753. The number of rotatable bonds is 5. The second kappa shape index (κ2) is 6.52. The Labute approximate surface area is 134 Å². The van der Waals surface area contributed by atoms with E-state index in [0.29, 0.717) is 38.3 Å². The number of amides is 1. The van der Waals surface area contributed by atoms with Gasteiger partial charge in [-0.1, -0.05) is 12.1 Å². The monoisotopic (exact) mass is 316 g/mol. The van der Waals surface area contributed by atoms with Gasteiger partial charge in [0.25, 0.3) is 0 Å². The topological polar surface area (TPSA) is 78.5 Å². The number of nitrogens with zero attached hydrogens (tertiary/aromatic N) is 1. The van der Waals surface area contributed by atoms with Gasteiger partial charge in [0.05, 0.1) is 18.3 Å². The lowest BCUT2D eigenvalue weighted by atomic mass is 9.91. The molecule has 0 bridgehead atoms. The number of nitrogens with one attached hydrogen (secondary N) is 2. The van der Waals surface area contributed by atoms with Gasteiger partial charge >= 0.3 is 11.7 Å². The van der Waals surface area contributed by atoms with Gasteiger partial charge in [-0.2, -0.15) is 4.40 Å². The quantitative estimate of drug-likeness (QED) is 0.563. The molecule has 0 radical (unpaired) electrons. The molecular formula is C17H22N3O3+. The van der Waals surface area contributed by atoms with Gasteiger partial charge < -0.3 is 15.2 Å². The van der Waals surface area contributed by atoms with Crippen LogP contribution in [0.1, 0.15) is 29.2 Å². The molecule has 6 nitrogen and oxygen atoms in total. The van der Waals surface area contributed by atoms with E-state index < -0.39 is 5.54 Å². The van der Waals surface area contributed by atoms with Gasteiger partial charge in [0.15, 0.2) is 11.2 Å². The molecule has 1 aliphatic heterocycles. The zero-order chi connectivity index (χ0) is 16.3. The van der Waals surface area contributed by atoms with Gasteiger partial charge in [-0.05, 0) is 25.0 Å². The van der Waals surface area contributed by atoms with Crippen molar-refractivity contribution in [3.63, 3.8) is 0 Å². The van der Waals surface area contributed by atoms with Crippen LogP contribution >= 0.6 is 0 Å². The molecule has 3 heterocycles. The van der Waals surface area contributed by atoms with E-state index in [9.17, 15) is 9.90 Å². The zero-order valence-electron chi connectivity index (χ0n) is 13.0. The number of aromatic amines is 1. The van der Waals surface area contributed by atoms with Crippen molar-refractivity contribution in [3.8, 4) is 0 Å². The lowest BCUT2D eigenvalue weighted by Crippen LogP contribution is -2.55. The Hall–Kier alpha value is -2.18.